The Morgan fingerprint density at radius 1 is 1.24 bits per heavy atom. The topological polar surface area (TPSA) is 42.4 Å². The number of aryl methyl sites for hydroxylation is 3. The van der Waals surface area contributed by atoms with Crippen molar-refractivity contribution in [2.75, 3.05) is 18.1 Å². The van der Waals surface area contributed by atoms with Gasteiger partial charge in [0.2, 0.25) is 5.91 Å². The third-order valence-corrected chi connectivity index (χ3v) is 7.01. The van der Waals surface area contributed by atoms with E-state index in [9.17, 15) is 4.79 Å². The van der Waals surface area contributed by atoms with Crippen molar-refractivity contribution in [3.8, 4) is 0 Å². The fourth-order valence-electron chi connectivity index (χ4n) is 3.73. The predicted octanol–water partition coefficient (Wildman–Crippen LogP) is 5.63. The Morgan fingerprint density at radius 3 is 2.76 bits per heavy atom. The fourth-order valence-corrected chi connectivity index (χ4v) is 5.08. The average Bonchev–Trinajstić information content (AvgIpc) is 3.36. The van der Waals surface area contributed by atoms with Crippen molar-refractivity contribution < 1.29 is 9.53 Å². The van der Waals surface area contributed by atoms with Crippen LogP contribution in [0.4, 0.5) is 5.13 Å². The minimum Gasteiger partial charge on any atom is -0.376 e. The van der Waals surface area contributed by atoms with Gasteiger partial charge < -0.3 is 4.74 Å². The number of halogens is 1. The molecular weight excluding hydrogens is 404 g/mol. The summed E-state index contributed by atoms with van der Waals surface area (Å²) in [5.74, 6) is 0.0435. The van der Waals surface area contributed by atoms with E-state index in [0.717, 1.165) is 51.9 Å². The van der Waals surface area contributed by atoms with Crippen LogP contribution in [0.3, 0.4) is 0 Å². The number of benzene rings is 2. The molecule has 1 amide bonds. The lowest BCUT2D eigenvalue weighted by Crippen LogP contribution is -2.38. The Kier molecular flexibility index (Phi) is 5.91. The zero-order valence-corrected chi connectivity index (χ0v) is 18.6. The second-order valence-corrected chi connectivity index (χ2v) is 9.17. The Morgan fingerprint density at radius 2 is 2.03 bits per heavy atom. The molecule has 1 atom stereocenters. The lowest BCUT2D eigenvalue weighted by atomic mass is 10.0. The Labute approximate surface area is 180 Å². The van der Waals surface area contributed by atoms with E-state index in [4.69, 9.17) is 21.3 Å². The van der Waals surface area contributed by atoms with E-state index >= 15 is 0 Å². The first-order valence-electron chi connectivity index (χ1n) is 9.96. The quantitative estimate of drug-likeness (QED) is 0.528. The lowest BCUT2D eigenvalue weighted by Gasteiger charge is -2.23. The number of nitrogens with zero attached hydrogens (tertiary/aromatic N) is 2. The highest BCUT2D eigenvalue weighted by molar-refractivity contribution is 7.23. The zero-order valence-electron chi connectivity index (χ0n) is 17.0. The molecule has 152 valence electrons. The smallest absolute Gasteiger partial charge is 0.233 e. The van der Waals surface area contributed by atoms with E-state index in [1.165, 1.54) is 11.3 Å². The number of fused-ring (bicyclic) bond motifs is 1. The molecule has 1 unspecified atom stereocenters. The van der Waals surface area contributed by atoms with Gasteiger partial charge in [-0.15, -0.1) is 0 Å². The maximum Gasteiger partial charge on any atom is 0.233 e. The molecule has 2 aromatic carbocycles. The summed E-state index contributed by atoms with van der Waals surface area (Å²) in [7, 11) is 0. The number of hydrogen-bond acceptors (Lipinski definition) is 4. The first-order valence-corrected chi connectivity index (χ1v) is 11.2. The van der Waals surface area contributed by atoms with E-state index in [1.807, 2.05) is 26.0 Å². The van der Waals surface area contributed by atoms with Crippen LogP contribution < -0.4 is 4.90 Å². The van der Waals surface area contributed by atoms with E-state index in [0.29, 0.717) is 23.1 Å². The van der Waals surface area contributed by atoms with Crippen LogP contribution in [0.15, 0.2) is 30.3 Å². The van der Waals surface area contributed by atoms with E-state index < -0.39 is 0 Å². The van der Waals surface area contributed by atoms with Crippen LogP contribution in [0.1, 0.15) is 35.1 Å². The predicted molar refractivity (Wildman–Crippen MR) is 120 cm³/mol. The number of amides is 1. The summed E-state index contributed by atoms with van der Waals surface area (Å²) >= 11 is 7.89. The first kappa shape index (κ1) is 20.3. The van der Waals surface area contributed by atoms with E-state index in [2.05, 4.69) is 25.1 Å². The molecule has 0 radical (unpaired) electrons. The minimum atomic E-state index is 0.0435. The van der Waals surface area contributed by atoms with Crippen molar-refractivity contribution in [1.29, 1.82) is 0 Å². The molecular formula is C23H25ClN2O2S. The highest BCUT2D eigenvalue weighted by Crippen LogP contribution is 2.36. The molecule has 1 saturated heterocycles. The second kappa shape index (κ2) is 8.42. The van der Waals surface area contributed by atoms with Crippen LogP contribution in [-0.4, -0.2) is 30.1 Å². The van der Waals surface area contributed by atoms with E-state index in [-0.39, 0.29) is 12.0 Å². The maximum atomic E-state index is 13.4. The van der Waals surface area contributed by atoms with Gasteiger partial charge in [-0.1, -0.05) is 52.8 Å². The standard InChI is InChI=1S/C23H25ClN2O2S/c1-14-6-7-15(2)17(11-14)12-20(27)26(13-18-5-4-10-28-18)23-25-21-16(3)8-9-19(24)22(21)29-23/h6-9,11,18H,4-5,10,12-13H2,1-3H3. The van der Waals surface area contributed by atoms with Crippen LogP contribution in [0, 0.1) is 20.8 Å². The van der Waals surface area contributed by atoms with Crippen LogP contribution >= 0.6 is 22.9 Å². The van der Waals surface area contributed by atoms with Gasteiger partial charge in [0.05, 0.1) is 34.3 Å². The minimum absolute atomic E-state index is 0.0435. The first-order chi connectivity index (χ1) is 13.9. The van der Waals surface area contributed by atoms with Gasteiger partial charge in [-0.05, 0) is 56.4 Å². The third-order valence-electron chi connectivity index (χ3n) is 5.47. The second-order valence-electron chi connectivity index (χ2n) is 7.78. The van der Waals surface area contributed by atoms with Crippen LogP contribution in [-0.2, 0) is 16.0 Å². The van der Waals surface area contributed by atoms with Crippen LogP contribution in [0.25, 0.3) is 10.2 Å². The number of carbonyl (C=O) groups excluding carboxylic acids is 1. The van der Waals surface area contributed by atoms with Gasteiger partial charge in [-0.2, -0.15) is 0 Å². The molecule has 0 aliphatic carbocycles. The molecule has 29 heavy (non-hydrogen) atoms. The molecule has 1 aliphatic heterocycles. The zero-order chi connectivity index (χ0) is 20.5. The number of carbonyl (C=O) groups is 1. The van der Waals surface area contributed by atoms with Crippen LogP contribution in [0.5, 0.6) is 0 Å². The number of ether oxygens (including phenoxy) is 1. The Bertz CT molecular complexity index is 1020. The highest BCUT2D eigenvalue weighted by Gasteiger charge is 2.27. The van der Waals surface area contributed by atoms with Crippen molar-refractivity contribution in [2.45, 2.75) is 46.1 Å². The van der Waals surface area contributed by atoms with Gasteiger partial charge >= 0.3 is 0 Å². The summed E-state index contributed by atoms with van der Waals surface area (Å²) in [6, 6.07) is 10.1. The molecule has 0 bridgehead atoms. The number of anilines is 1. The number of thiazole rings is 1. The highest BCUT2D eigenvalue weighted by atomic mass is 35.5. The number of hydrogen-bond donors (Lipinski definition) is 0. The fraction of sp³-hybridized carbons (Fsp3) is 0.391. The molecule has 1 aliphatic rings. The Balaban J connectivity index is 1.69. The van der Waals surface area contributed by atoms with Crippen LogP contribution in [0.2, 0.25) is 5.02 Å². The van der Waals surface area contributed by atoms with Gasteiger partial charge in [0.1, 0.15) is 0 Å². The summed E-state index contributed by atoms with van der Waals surface area (Å²) in [4.78, 5) is 20.0. The largest absolute Gasteiger partial charge is 0.376 e. The molecule has 1 aromatic heterocycles. The number of aromatic nitrogens is 1. The average molecular weight is 429 g/mol. The van der Waals surface area contributed by atoms with Gasteiger partial charge in [0.25, 0.3) is 0 Å². The van der Waals surface area contributed by atoms with Crippen molar-refractivity contribution in [1.82, 2.24) is 4.98 Å². The van der Waals surface area contributed by atoms with Crippen molar-refractivity contribution >= 4 is 44.2 Å². The summed E-state index contributed by atoms with van der Waals surface area (Å²) in [5, 5.41) is 1.37. The van der Waals surface area contributed by atoms with E-state index in [1.54, 1.807) is 4.90 Å². The van der Waals surface area contributed by atoms with Gasteiger partial charge in [0.15, 0.2) is 5.13 Å². The SMILES string of the molecule is Cc1ccc(C)c(CC(=O)N(CC2CCCO2)c2nc3c(C)ccc(Cl)c3s2)c1. The maximum absolute atomic E-state index is 13.4. The van der Waals surface area contributed by atoms with Gasteiger partial charge in [-0.25, -0.2) is 4.98 Å². The summed E-state index contributed by atoms with van der Waals surface area (Å²) in [6.45, 7) is 7.41. The molecule has 0 N–H and O–H groups in total. The van der Waals surface area contributed by atoms with Crippen molar-refractivity contribution in [3.05, 3.63) is 57.6 Å². The summed E-state index contributed by atoms with van der Waals surface area (Å²) in [6.07, 6.45) is 2.41. The molecule has 1 fully saturated rings. The van der Waals surface area contributed by atoms with Gasteiger partial charge in [-0.3, -0.25) is 9.69 Å². The summed E-state index contributed by atoms with van der Waals surface area (Å²) < 4.78 is 6.76. The van der Waals surface area contributed by atoms with Crippen molar-refractivity contribution in [2.24, 2.45) is 0 Å². The van der Waals surface area contributed by atoms with Gasteiger partial charge in [0, 0.05) is 6.61 Å². The molecule has 4 nitrogen and oxygen atoms in total. The molecule has 3 aromatic rings. The lowest BCUT2D eigenvalue weighted by molar-refractivity contribution is -0.118. The summed E-state index contributed by atoms with van der Waals surface area (Å²) in [5.41, 5.74) is 5.28. The molecule has 2 heterocycles. The van der Waals surface area contributed by atoms with Crippen molar-refractivity contribution in [3.63, 3.8) is 0 Å². The molecule has 0 saturated carbocycles. The molecule has 4 rings (SSSR count). The molecule has 6 heteroatoms. The monoisotopic (exact) mass is 428 g/mol. The molecule has 0 spiro atoms. The Hall–Kier alpha value is -1.95. The normalized spacial score (nSPS) is 16.5. The third kappa shape index (κ3) is 4.32. The number of rotatable bonds is 5.